The Morgan fingerprint density at radius 2 is 1.67 bits per heavy atom. The molecule has 1 aromatic heterocycles. The van der Waals surface area contributed by atoms with Crippen LogP contribution in [0.15, 0.2) is 53.6 Å². The van der Waals surface area contributed by atoms with Gasteiger partial charge in [-0.15, -0.1) is 0 Å². The number of hydrogen-bond donors (Lipinski definition) is 0. The molecule has 2 aliphatic rings. The second kappa shape index (κ2) is 5.55. The van der Waals surface area contributed by atoms with E-state index < -0.39 is 9.84 Å². The van der Waals surface area contributed by atoms with Crippen LogP contribution < -0.4 is 0 Å². The van der Waals surface area contributed by atoms with Crippen LogP contribution in [0.2, 0.25) is 0 Å². The molecule has 0 aliphatic heterocycles. The number of aromatic nitrogens is 1. The maximum Gasteiger partial charge on any atom is 0.177 e. The van der Waals surface area contributed by atoms with Gasteiger partial charge in [0.2, 0.25) is 0 Å². The first-order valence-corrected chi connectivity index (χ1v) is 10.3. The van der Waals surface area contributed by atoms with Gasteiger partial charge in [0.1, 0.15) is 0 Å². The largest absolute Gasteiger partial charge is 0.255 e. The number of rotatable bonds is 3. The lowest BCUT2D eigenvalue weighted by atomic mass is 9.66. The minimum Gasteiger partial charge on any atom is -0.255 e. The van der Waals surface area contributed by atoms with E-state index in [0.29, 0.717) is 5.41 Å². The highest BCUT2D eigenvalue weighted by Crippen LogP contribution is 2.59. The Morgan fingerprint density at radius 1 is 0.958 bits per heavy atom. The quantitative estimate of drug-likeness (QED) is 0.835. The number of sulfone groups is 1. The van der Waals surface area contributed by atoms with E-state index in [-0.39, 0.29) is 4.90 Å². The third-order valence-electron chi connectivity index (χ3n) is 5.48. The molecule has 2 aromatic rings. The predicted molar refractivity (Wildman–Crippen MR) is 96.1 cm³/mol. The Bertz CT molecular complexity index is 892. The third kappa shape index (κ3) is 2.69. The highest BCUT2D eigenvalue weighted by Gasteiger charge is 2.43. The Kier molecular flexibility index (Phi) is 3.61. The Morgan fingerprint density at radius 3 is 2.21 bits per heavy atom. The highest BCUT2D eigenvalue weighted by molar-refractivity contribution is 7.90. The van der Waals surface area contributed by atoms with Gasteiger partial charge in [-0.2, -0.15) is 0 Å². The second-order valence-corrected chi connectivity index (χ2v) is 9.20. The SMILES string of the molecule is CS(=O)(=O)c1ccc(C2=C(c3ccccc3)CC3(CCC3)C2)nc1. The number of pyridine rings is 1. The van der Waals surface area contributed by atoms with Crippen molar-refractivity contribution in [2.75, 3.05) is 6.26 Å². The minimum absolute atomic E-state index is 0.282. The molecule has 1 heterocycles. The summed E-state index contributed by atoms with van der Waals surface area (Å²) >= 11 is 0. The zero-order valence-electron chi connectivity index (χ0n) is 13.8. The average molecular weight is 339 g/mol. The molecule has 1 saturated carbocycles. The molecule has 24 heavy (non-hydrogen) atoms. The van der Waals surface area contributed by atoms with Crippen LogP contribution in [-0.2, 0) is 9.84 Å². The fourth-order valence-corrected chi connectivity index (χ4v) is 4.55. The molecule has 0 saturated heterocycles. The summed E-state index contributed by atoms with van der Waals surface area (Å²) in [5, 5.41) is 0. The third-order valence-corrected chi connectivity index (χ3v) is 6.58. The van der Waals surface area contributed by atoms with Crippen molar-refractivity contribution < 1.29 is 8.42 Å². The summed E-state index contributed by atoms with van der Waals surface area (Å²) in [6.07, 6.45) is 8.77. The Labute approximate surface area is 143 Å². The van der Waals surface area contributed by atoms with Crippen molar-refractivity contribution in [2.24, 2.45) is 5.41 Å². The molecule has 0 atom stereocenters. The molecule has 1 spiro atoms. The number of hydrogen-bond acceptors (Lipinski definition) is 3. The Balaban J connectivity index is 1.77. The molecule has 3 nitrogen and oxygen atoms in total. The second-order valence-electron chi connectivity index (χ2n) is 7.18. The van der Waals surface area contributed by atoms with E-state index >= 15 is 0 Å². The molecule has 1 fully saturated rings. The standard InChI is InChI=1S/C20H21NO2S/c1-24(22,23)16-8-9-19(21-14-16)18-13-20(10-5-11-20)12-17(18)15-6-3-2-4-7-15/h2-4,6-9,14H,5,10-13H2,1H3. The van der Waals surface area contributed by atoms with Crippen molar-refractivity contribution in [1.29, 1.82) is 0 Å². The minimum atomic E-state index is -3.20. The lowest BCUT2D eigenvalue weighted by molar-refractivity contribution is 0.157. The predicted octanol–water partition coefficient (Wildman–Crippen LogP) is 4.36. The zero-order chi connectivity index (χ0) is 16.8. The first kappa shape index (κ1) is 15.6. The van der Waals surface area contributed by atoms with Gasteiger partial charge in [-0.05, 0) is 59.9 Å². The van der Waals surface area contributed by atoms with Gasteiger partial charge in [0.05, 0.1) is 10.6 Å². The van der Waals surface area contributed by atoms with Gasteiger partial charge in [-0.25, -0.2) is 8.42 Å². The molecule has 2 aliphatic carbocycles. The van der Waals surface area contributed by atoms with Crippen LogP contribution in [-0.4, -0.2) is 19.7 Å². The number of benzene rings is 1. The van der Waals surface area contributed by atoms with Gasteiger partial charge < -0.3 is 0 Å². The topological polar surface area (TPSA) is 47.0 Å². The maximum atomic E-state index is 11.7. The smallest absolute Gasteiger partial charge is 0.177 e. The molecule has 0 N–H and O–H groups in total. The van der Waals surface area contributed by atoms with Crippen LogP contribution in [0.4, 0.5) is 0 Å². The molecule has 4 rings (SSSR count). The first-order valence-electron chi connectivity index (χ1n) is 8.41. The van der Waals surface area contributed by atoms with E-state index in [1.54, 1.807) is 6.07 Å². The molecular formula is C20H21NO2S. The maximum absolute atomic E-state index is 11.7. The van der Waals surface area contributed by atoms with Gasteiger partial charge >= 0.3 is 0 Å². The van der Waals surface area contributed by atoms with E-state index in [1.807, 2.05) is 12.1 Å². The van der Waals surface area contributed by atoms with E-state index in [1.165, 1.54) is 48.4 Å². The van der Waals surface area contributed by atoms with Crippen LogP contribution in [0.3, 0.4) is 0 Å². The molecule has 0 amide bonds. The van der Waals surface area contributed by atoms with E-state index in [2.05, 4.69) is 29.2 Å². The van der Waals surface area contributed by atoms with Crippen LogP contribution in [0, 0.1) is 5.41 Å². The average Bonchev–Trinajstić information content (AvgIpc) is 2.96. The molecule has 4 heteroatoms. The van der Waals surface area contributed by atoms with Crippen molar-refractivity contribution in [2.45, 2.75) is 37.0 Å². The van der Waals surface area contributed by atoms with Crippen molar-refractivity contribution in [3.05, 3.63) is 59.9 Å². The summed E-state index contributed by atoms with van der Waals surface area (Å²) in [5.41, 5.74) is 5.28. The summed E-state index contributed by atoms with van der Waals surface area (Å²) in [5.74, 6) is 0. The van der Waals surface area contributed by atoms with Crippen LogP contribution in [0.1, 0.15) is 43.4 Å². The Hall–Kier alpha value is -1.94. The number of allylic oxidation sites excluding steroid dienone is 2. The molecule has 1 aromatic carbocycles. The van der Waals surface area contributed by atoms with Crippen LogP contribution in [0.5, 0.6) is 0 Å². The van der Waals surface area contributed by atoms with Crippen LogP contribution >= 0.6 is 0 Å². The summed E-state index contributed by atoms with van der Waals surface area (Å²) in [6.45, 7) is 0. The fourth-order valence-electron chi connectivity index (χ4n) is 4.00. The first-order chi connectivity index (χ1) is 11.5. The lowest BCUT2D eigenvalue weighted by Crippen LogP contribution is -2.26. The highest BCUT2D eigenvalue weighted by atomic mass is 32.2. The molecule has 0 bridgehead atoms. The summed E-state index contributed by atoms with van der Waals surface area (Å²) in [7, 11) is -3.20. The van der Waals surface area contributed by atoms with Crippen molar-refractivity contribution >= 4 is 21.0 Å². The molecule has 124 valence electrons. The number of nitrogens with zero attached hydrogens (tertiary/aromatic N) is 1. The van der Waals surface area contributed by atoms with E-state index in [4.69, 9.17) is 0 Å². The van der Waals surface area contributed by atoms with Crippen molar-refractivity contribution in [3.8, 4) is 0 Å². The van der Waals surface area contributed by atoms with Crippen molar-refractivity contribution in [3.63, 3.8) is 0 Å². The van der Waals surface area contributed by atoms with Gasteiger partial charge in [-0.3, -0.25) is 4.98 Å². The summed E-state index contributed by atoms with van der Waals surface area (Å²) < 4.78 is 23.3. The summed E-state index contributed by atoms with van der Waals surface area (Å²) in [6, 6.07) is 14.1. The van der Waals surface area contributed by atoms with E-state index in [9.17, 15) is 8.42 Å². The zero-order valence-corrected chi connectivity index (χ0v) is 14.6. The lowest BCUT2D eigenvalue weighted by Gasteiger charge is -2.39. The monoisotopic (exact) mass is 339 g/mol. The van der Waals surface area contributed by atoms with Gasteiger partial charge in [0, 0.05) is 12.5 Å². The van der Waals surface area contributed by atoms with Gasteiger partial charge in [-0.1, -0.05) is 36.8 Å². The molecule has 0 unspecified atom stereocenters. The fraction of sp³-hybridized carbons (Fsp3) is 0.350. The normalized spacial score (nSPS) is 19.5. The van der Waals surface area contributed by atoms with Gasteiger partial charge in [0.15, 0.2) is 9.84 Å². The van der Waals surface area contributed by atoms with Crippen molar-refractivity contribution in [1.82, 2.24) is 4.98 Å². The molecular weight excluding hydrogens is 318 g/mol. The summed E-state index contributed by atoms with van der Waals surface area (Å²) in [4.78, 5) is 4.77. The molecule has 0 radical (unpaired) electrons. The van der Waals surface area contributed by atoms with Crippen LogP contribution in [0.25, 0.3) is 11.1 Å². The van der Waals surface area contributed by atoms with Gasteiger partial charge in [0.25, 0.3) is 0 Å². The van der Waals surface area contributed by atoms with E-state index in [0.717, 1.165) is 18.5 Å².